The normalized spacial score (nSPS) is 17.8. The van der Waals surface area contributed by atoms with Gasteiger partial charge in [0, 0.05) is 6.04 Å². The zero-order valence-electron chi connectivity index (χ0n) is 11.2. The summed E-state index contributed by atoms with van der Waals surface area (Å²) in [5.41, 5.74) is 0.539. The Morgan fingerprint density at radius 3 is 2.80 bits per heavy atom. The van der Waals surface area contributed by atoms with E-state index in [4.69, 9.17) is 16.3 Å². The SMILES string of the molecule is COC(=O)[C@@H](NC1CCSCC1)c1ccc(Cl)c(F)c1. The number of hydrogen-bond acceptors (Lipinski definition) is 4. The molecule has 6 heteroatoms. The predicted octanol–water partition coefficient (Wildman–Crippen LogP) is 3.18. The second kappa shape index (κ2) is 7.29. The van der Waals surface area contributed by atoms with Gasteiger partial charge in [-0.05, 0) is 42.0 Å². The predicted molar refractivity (Wildman–Crippen MR) is 79.6 cm³/mol. The molecule has 110 valence electrons. The lowest BCUT2D eigenvalue weighted by Crippen LogP contribution is -2.39. The third-order valence-electron chi connectivity index (χ3n) is 3.34. The van der Waals surface area contributed by atoms with Crippen LogP contribution in [0.15, 0.2) is 18.2 Å². The molecule has 0 saturated carbocycles. The Bertz CT molecular complexity index is 480. The molecule has 1 N–H and O–H groups in total. The molecular weight excluding hydrogens is 301 g/mol. The Hall–Kier alpha value is -0.780. The number of carbonyl (C=O) groups excluding carboxylic acids is 1. The second-order valence-electron chi connectivity index (χ2n) is 4.68. The van der Waals surface area contributed by atoms with Gasteiger partial charge in [0.2, 0.25) is 0 Å². The van der Waals surface area contributed by atoms with Gasteiger partial charge in [-0.1, -0.05) is 17.7 Å². The summed E-state index contributed by atoms with van der Waals surface area (Å²) in [7, 11) is 1.33. The maximum absolute atomic E-state index is 13.6. The largest absolute Gasteiger partial charge is 0.468 e. The van der Waals surface area contributed by atoms with Crippen LogP contribution >= 0.6 is 23.4 Å². The van der Waals surface area contributed by atoms with E-state index in [1.165, 1.54) is 19.2 Å². The number of ether oxygens (including phenoxy) is 1. The summed E-state index contributed by atoms with van der Waals surface area (Å²) in [6.45, 7) is 0. The van der Waals surface area contributed by atoms with Crippen LogP contribution in [0.1, 0.15) is 24.4 Å². The van der Waals surface area contributed by atoms with Crippen LogP contribution < -0.4 is 5.32 Å². The van der Waals surface area contributed by atoms with Gasteiger partial charge in [-0.15, -0.1) is 0 Å². The highest BCUT2D eigenvalue weighted by atomic mass is 35.5. The van der Waals surface area contributed by atoms with E-state index in [9.17, 15) is 9.18 Å². The van der Waals surface area contributed by atoms with E-state index < -0.39 is 17.8 Å². The van der Waals surface area contributed by atoms with Gasteiger partial charge < -0.3 is 4.74 Å². The lowest BCUT2D eigenvalue weighted by atomic mass is 10.0. The average Bonchev–Trinajstić information content (AvgIpc) is 2.48. The van der Waals surface area contributed by atoms with Crippen LogP contribution in [0, 0.1) is 5.82 Å². The van der Waals surface area contributed by atoms with Crippen molar-refractivity contribution in [3.05, 3.63) is 34.6 Å². The van der Waals surface area contributed by atoms with Gasteiger partial charge in [-0.25, -0.2) is 9.18 Å². The Kier molecular flexibility index (Phi) is 5.69. The number of thioether (sulfide) groups is 1. The zero-order chi connectivity index (χ0) is 14.5. The summed E-state index contributed by atoms with van der Waals surface area (Å²) >= 11 is 7.58. The number of carbonyl (C=O) groups is 1. The van der Waals surface area contributed by atoms with Crippen LogP contribution in [0.3, 0.4) is 0 Å². The number of benzene rings is 1. The molecule has 1 aliphatic heterocycles. The quantitative estimate of drug-likeness (QED) is 0.866. The molecular formula is C14H17ClFNO2S. The van der Waals surface area contributed by atoms with Crippen molar-refractivity contribution in [3.8, 4) is 0 Å². The van der Waals surface area contributed by atoms with Crippen molar-refractivity contribution in [2.45, 2.75) is 24.9 Å². The minimum atomic E-state index is -0.653. The minimum absolute atomic E-state index is 0.0476. The van der Waals surface area contributed by atoms with E-state index in [0.29, 0.717) is 5.56 Å². The van der Waals surface area contributed by atoms with Crippen molar-refractivity contribution < 1.29 is 13.9 Å². The fourth-order valence-electron chi connectivity index (χ4n) is 2.21. The van der Waals surface area contributed by atoms with Gasteiger partial charge in [0.15, 0.2) is 0 Å². The molecule has 1 aliphatic rings. The maximum atomic E-state index is 13.6. The van der Waals surface area contributed by atoms with Crippen molar-refractivity contribution in [1.82, 2.24) is 5.32 Å². The lowest BCUT2D eigenvalue weighted by Gasteiger charge is -2.27. The number of nitrogens with one attached hydrogen (secondary N) is 1. The van der Waals surface area contributed by atoms with E-state index in [0.717, 1.165) is 24.3 Å². The third-order valence-corrected chi connectivity index (χ3v) is 4.69. The van der Waals surface area contributed by atoms with Gasteiger partial charge in [0.1, 0.15) is 11.9 Å². The molecule has 0 bridgehead atoms. The average molecular weight is 318 g/mol. The van der Waals surface area contributed by atoms with Crippen LogP contribution in [-0.2, 0) is 9.53 Å². The fourth-order valence-corrected chi connectivity index (χ4v) is 3.43. The minimum Gasteiger partial charge on any atom is -0.468 e. The van der Waals surface area contributed by atoms with Gasteiger partial charge in [0.25, 0.3) is 0 Å². The fraction of sp³-hybridized carbons (Fsp3) is 0.500. The van der Waals surface area contributed by atoms with Crippen molar-refractivity contribution in [1.29, 1.82) is 0 Å². The molecule has 0 aliphatic carbocycles. The molecule has 1 fully saturated rings. The van der Waals surface area contributed by atoms with Crippen LogP contribution in [0.2, 0.25) is 5.02 Å². The molecule has 1 atom stereocenters. The molecule has 0 spiro atoms. The van der Waals surface area contributed by atoms with Crippen LogP contribution in [0.4, 0.5) is 4.39 Å². The first kappa shape index (κ1) is 15.6. The standard InChI is InChI=1S/C14H17ClFNO2S/c1-19-14(18)13(17-10-4-6-20-7-5-10)9-2-3-11(15)12(16)8-9/h2-3,8,10,13,17H,4-7H2,1H3/t13-/m0/s1. The number of rotatable bonds is 4. The first-order chi connectivity index (χ1) is 9.61. The third kappa shape index (κ3) is 3.87. The Labute approximate surface area is 127 Å². The molecule has 0 radical (unpaired) electrons. The first-order valence-electron chi connectivity index (χ1n) is 6.48. The molecule has 3 nitrogen and oxygen atoms in total. The van der Waals surface area contributed by atoms with E-state index in [2.05, 4.69) is 5.32 Å². The molecule has 1 saturated heterocycles. The van der Waals surface area contributed by atoms with Gasteiger partial charge in [0.05, 0.1) is 12.1 Å². The first-order valence-corrected chi connectivity index (χ1v) is 8.01. The highest BCUT2D eigenvalue weighted by Crippen LogP contribution is 2.24. The topological polar surface area (TPSA) is 38.3 Å². The van der Waals surface area contributed by atoms with Crippen LogP contribution in [0.5, 0.6) is 0 Å². The van der Waals surface area contributed by atoms with Crippen molar-refractivity contribution in [2.24, 2.45) is 0 Å². The van der Waals surface area contributed by atoms with Gasteiger partial charge in [-0.3, -0.25) is 5.32 Å². The Balaban J connectivity index is 2.17. The number of methoxy groups -OCH3 is 1. The molecule has 0 unspecified atom stereocenters. The molecule has 1 aromatic rings. The molecule has 0 aromatic heterocycles. The second-order valence-corrected chi connectivity index (χ2v) is 6.31. The number of hydrogen-bond donors (Lipinski definition) is 1. The Morgan fingerprint density at radius 2 is 2.20 bits per heavy atom. The smallest absolute Gasteiger partial charge is 0.327 e. The van der Waals surface area contributed by atoms with Crippen molar-refractivity contribution in [3.63, 3.8) is 0 Å². The lowest BCUT2D eigenvalue weighted by molar-refractivity contribution is -0.143. The molecule has 2 rings (SSSR count). The monoisotopic (exact) mass is 317 g/mol. The van der Waals surface area contributed by atoms with Crippen molar-refractivity contribution in [2.75, 3.05) is 18.6 Å². The summed E-state index contributed by atoms with van der Waals surface area (Å²) in [6, 6.07) is 3.99. The molecule has 1 aromatic carbocycles. The van der Waals surface area contributed by atoms with E-state index >= 15 is 0 Å². The molecule has 0 amide bonds. The van der Waals surface area contributed by atoms with Gasteiger partial charge >= 0.3 is 5.97 Å². The van der Waals surface area contributed by atoms with Crippen LogP contribution in [0.25, 0.3) is 0 Å². The van der Waals surface area contributed by atoms with E-state index in [1.54, 1.807) is 6.07 Å². The van der Waals surface area contributed by atoms with E-state index in [-0.39, 0.29) is 11.1 Å². The maximum Gasteiger partial charge on any atom is 0.327 e. The number of halogens is 2. The Morgan fingerprint density at radius 1 is 1.50 bits per heavy atom. The summed E-state index contributed by atoms with van der Waals surface area (Å²) in [6.07, 6.45) is 1.99. The summed E-state index contributed by atoms with van der Waals surface area (Å²) in [5.74, 6) is 1.20. The highest BCUT2D eigenvalue weighted by Gasteiger charge is 2.26. The van der Waals surface area contributed by atoms with Crippen molar-refractivity contribution >= 4 is 29.3 Å². The summed E-state index contributed by atoms with van der Waals surface area (Å²) in [5, 5.41) is 3.32. The molecule has 20 heavy (non-hydrogen) atoms. The highest BCUT2D eigenvalue weighted by molar-refractivity contribution is 7.99. The van der Waals surface area contributed by atoms with Gasteiger partial charge in [-0.2, -0.15) is 11.8 Å². The number of esters is 1. The zero-order valence-corrected chi connectivity index (χ0v) is 12.8. The molecule has 1 heterocycles. The summed E-state index contributed by atoms with van der Waals surface area (Å²) < 4.78 is 18.4. The van der Waals surface area contributed by atoms with Crippen LogP contribution in [-0.4, -0.2) is 30.6 Å². The summed E-state index contributed by atoms with van der Waals surface area (Å²) in [4.78, 5) is 11.9. The van der Waals surface area contributed by atoms with E-state index in [1.807, 2.05) is 11.8 Å².